The van der Waals surface area contributed by atoms with E-state index in [0.29, 0.717) is 0 Å². The summed E-state index contributed by atoms with van der Waals surface area (Å²) in [5.74, 6) is 0. The monoisotopic (exact) mass is 221 g/mol. The fourth-order valence-corrected chi connectivity index (χ4v) is 2.61. The quantitative estimate of drug-likeness (QED) is 0.834. The van der Waals surface area contributed by atoms with E-state index in [1.807, 2.05) is 6.07 Å². The number of hydrogen-bond donors (Lipinski definition) is 1. The Labute approximate surface area is 96.0 Å². The third kappa shape index (κ3) is 2.28. The van der Waals surface area contributed by atoms with Crippen LogP contribution in [0.5, 0.6) is 0 Å². The normalized spacial score (nSPS) is 22.8. The lowest BCUT2D eigenvalue weighted by Gasteiger charge is -2.34. The van der Waals surface area contributed by atoms with Crippen LogP contribution in [-0.4, -0.2) is 35.2 Å². The van der Waals surface area contributed by atoms with E-state index in [4.69, 9.17) is 4.52 Å². The molecule has 3 rings (SSSR count). The molecule has 0 radical (unpaired) electrons. The maximum absolute atomic E-state index is 4.91. The van der Waals surface area contributed by atoms with Gasteiger partial charge in [0.1, 0.15) is 6.26 Å². The summed E-state index contributed by atoms with van der Waals surface area (Å²) in [6.07, 6.45) is 6.94. The van der Waals surface area contributed by atoms with Gasteiger partial charge in [-0.25, -0.2) is 0 Å². The summed E-state index contributed by atoms with van der Waals surface area (Å²) < 4.78 is 4.91. The van der Waals surface area contributed by atoms with Crippen LogP contribution < -0.4 is 5.32 Å². The van der Waals surface area contributed by atoms with E-state index >= 15 is 0 Å². The predicted octanol–water partition coefficient (Wildman–Crippen LogP) is 1.39. The van der Waals surface area contributed by atoms with E-state index < -0.39 is 0 Å². The van der Waals surface area contributed by atoms with Crippen molar-refractivity contribution in [1.82, 2.24) is 15.4 Å². The van der Waals surface area contributed by atoms with Gasteiger partial charge in [-0.15, -0.1) is 0 Å². The Balaban J connectivity index is 1.65. The predicted molar refractivity (Wildman–Crippen MR) is 61.0 cm³/mol. The largest absolute Gasteiger partial charge is 0.364 e. The maximum atomic E-state index is 4.91. The highest BCUT2D eigenvalue weighted by Crippen LogP contribution is 2.32. The van der Waals surface area contributed by atoms with E-state index in [1.54, 1.807) is 6.26 Å². The zero-order valence-corrected chi connectivity index (χ0v) is 9.56. The highest BCUT2D eigenvalue weighted by Gasteiger charge is 2.34. The van der Waals surface area contributed by atoms with Crippen LogP contribution in [0.25, 0.3) is 0 Å². The molecule has 0 aromatic carbocycles. The van der Waals surface area contributed by atoms with E-state index in [2.05, 4.69) is 15.4 Å². The van der Waals surface area contributed by atoms with E-state index in [0.717, 1.165) is 37.4 Å². The molecule has 1 N–H and O–H groups in total. The second-order valence-electron chi connectivity index (χ2n) is 4.88. The van der Waals surface area contributed by atoms with E-state index in [9.17, 15) is 0 Å². The molecular formula is C12H19N3O. The second-order valence-corrected chi connectivity index (χ2v) is 4.88. The average molecular weight is 221 g/mol. The summed E-state index contributed by atoms with van der Waals surface area (Å²) in [5.41, 5.74) is 1.07. The van der Waals surface area contributed by atoms with Crippen LogP contribution in [0, 0.1) is 0 Å². The van der Waals surface area contributed by atoms with Crippen molar-refractivity contribution >= 4 is 0 Å². The first kappa shape index (κ1) is 10.3. The zero-order chi connectivity index (χ0) is 10.8. The van der Waals surface area contributed by atoms with Gasteiger partial charge in [0.15, 0.2) is 0 Å². The Kier molecular flexibility index (Phi) is 2.93. The van der Waals surface area contributed by atoms with E-state index in [-0.39, 0.29) is 0 Å². The molecule has 0 unspecified atom stereocenters. The van der Waals surface area contributed by atoms with Gasteiger partial charge in [0.2, 0.25) is 0 Å². The topological polar surface area (TPSA) is 41.3 Å². The molecule has 0 bridgehead atoms. The average Bonchev–Trinajstić information content (AvgIpc) is 3.05. The van der Waals surface area contributed by atoms with Gasteiger partial charge >= 0.3 is 0 Å². The minimum absolute atomic E-state index is 0.741. The number of rotatable bonds is 4. The smallest absolute Gasteiger partial charge is 0.124 e. The fourth-order valence-electron chi connectivity index (χ4n) is 2.61. The number of piperidine rings is 1. The van der Waals surface area contributed by atoms with Crippen molar-refractivity contribution in [3.05, 3.63) is 18.0 Å². The first-order chi connectivity index (χ1) is 7.93. The van der Waals surface area contributed by atoms with Crippen molar-refractivity contribution in [3.63, 3.8) is 0 Å². The maximum Gasteiger partial charge on any atom is 0.124 e. The number of nitrogens with one attached hydrogen (secondary N) is 1. The van der Waals surface area contributed by atoms with Crippen LogP contribution in [0.15, 0.2) is 16.9 Å². The van der Waals surface area contributed by atoms with Gasteiger partial charge in [0.25, 0.3) is 0 Å². The molecule has 0 atom stereocenters. The standard InChI is InChI=1S/C12H19N3O/c1-2-11(1)15(9-10-5-8-16-14-10)12-3-6-13-7-4-12/h5,8,11-13H,1-4,6-7,9H2. The SMILES string of the molecule is c1cc(CN(C2CCNCC2)C2CC2)no1. The number of aromatic nitrogens is 1. The summed E-state index contributed by atoms with van der Waals surface area (Å²) in [7, 11) is 0. The molecule has 1 aromatic rings. The number of hydrogen-bond acceptors (Lipinski definition) is 4. The Bertz CT molecular complexity index is 315. The Morgan fingerprint density at radius 3 is 2.62 bits per heavy atom. The highest BCUT2D eigenvalue weighted by molar-refractivity contribution is 4.99. The molecule has 4 nitrogen and oxygen atoms in total. The molecule has 1 saturated carbocycles. The Morgan fingerprint density at radius 1 is 1.25 bits per heavy atom. The van der Waals surface area contributed by atoms with Crippen LogP contribution >= 0.6 is 0 Å². The molecular weight excluding hydrogens is 202 g/mol. The second kappa shape index (κ2) is 4.55. The molecule has 1 aliphatic carbocycles. The van der Waals surface area contributed by atoms with Crippen LogP contribution in [-0.2, 0) is 6.54 Å². The van der Waals surface area contributed by atoms with E-state index in [1.165, 1.54) is 25.7 Å². The van der Waals surface area contributed by atoms with Crippen molar-refractivity contribution in [2.24, 2.45) is 0 Å². The minimum Gasteiger partial charge on any atom is -0.364 e. The van der Waals surface area contributed by atoms with Crippen molar-refractivity contribution in [2.45, 2.75) is 44.3 Å². The van der Waals surface area contributed by atoms with Crippen molar-refractivity contribution < 1.29 is 4.52 Å². The van der Waals surface area contributed by atoms with Crippen LogP contribution in [0.2, 0.25) is 0 Å². The molecule has 2 aliphatic rings. The van der Waals surface area contributed by atoms with Gasteiger partial charge in [-0.3, -0.25) is 4.90 Å². The minimum atomic E-state index is 0.741. The first-order valence-corrected chi connectivity index (χ1v) is 6.29. The lowest BCUT2D eigenvalue weighted by atomic mass is 10.0. The van der Waals surface area contributed by atoms with Crippen molar-refractivity contribution in [1.29, 1.82) is 0 Å². The highest BCUT2D eigenvalue weighted by atomic mass is 16.5. The Morgan fingerprint density at radius 2 is 2.00 bits per heavy atom. The molecule has 1 aromatic heterocycles. The zero-order valence-electron chi connectivity index (χ0n) is 9.56. The fraction of sp³-hybridized carbons (Fsp3) is 0.750. The van der Waals surface area contributed by atoms with Gasteiger partial charge < -0.3 is 9.84 Å². The molecule has 2 fully saturated rings. The van der Waals surface area contributed by atoms with Gasteiger partial charge in [0, 0.05) is 24.7 Å². The molecule has 0 spiro atoms. The summed E-state index contributed by atoms with van der Waals surface area (Å²) in [6.45, 7) is 3.28. The molecule has 0 amide bonds. The van der Waals surface area contributed by atoms with Crippen LogP contribution in [0.1, 0.15) is 31.4 Å². The molecule has 88 valence electrons. The molecule has 16 heavy (non-hydrogen) atoms. The van der Waals surface area contributed by atoms with Gasteiger partial charge in [-0.1, -0.05) is 5.16 Å². The summed E-state index contributed by atoms with van der Waals surface area (Å²) in [6, 6.07) is 3.53. The van der Waals surface area contributed by atoms with Crippen molar-refractivity contribution in [2.75, 3.05) is 13.1 Å². The third-order valence-corrected chi connectivity index (χ3v) is 3.63. The van der Waals surface area contributed by atoms with Gasteiger partial charge in [0.05, 0.1) is 5.69 Å². The summed E-state index contributed by atoms with van der Waals surface area (Å²) in [4.78, 5) is 2.64. The molecule has 1 aliphatic heterocycles. The molecule has 1 saturated heterocycles. The molecule has 2 heterocycles. The summed E-state index contributed by atoms with van der Waals surface area (Å²) in [5, 5.41) is 7.46. The molecule has 4 heteroatoms. The van der Waals surface area contributed by atoms with Crippen molar-refractivity contribution in [3.8, 4) is 0 Å². The van der Waals surface area contributed by atoms with Crippen LogP contribution in [0.4, 0.5) is 0 Å². The first-order valence-electron chi connectivity index (χ1n) is 6.29. The van der Waals surface area contributed by atoms with Gasteiger partial charge in [-0.2, -0.15) is 0 Å². The van der Waals surface area contributed by atoms with Crippen LogP contribution in [0.3, 0.4) is 0 Å². The van der Waals surface area contributed by atoms with Gasteiger partial charge in [-0.05, 0) is 38.8 Å². The lowest BCUT2D eigenvalue weighted by molar-refractivity contribution is 0.141. The lowest BCUT2D eigenvalue weighted by Crippen LogP contribution is -2.43. The Hall–Kier alpha value is -0.870. The summed E-state index contributed by atoms with van der Waals surface area (Å²) >= 11 is 0. The third-order valence-electron chi connectivity index (χ3n) is 3.63. The number of nitrogens with zero attached hydrogens (tertiary/aromatic N) is 2.